The number of rotatable bonds is 9. The Morgan fingerprint density at radius 1 is 1.29 bits per heavy atom. The van der Waals surface area contributed by atoms with Crippen LogP contribution in [0, 0.1) is 19.8 Å². The van der Waals surface area contributed by atoms with E-state index in [2.05, 4.69) is 86.0 Å². The van der Waals surface area contributed by atoms with Crippen molar-refractivity contribution >= 4 is 10.9 Å². The highest BCUT2D eigenvalue weighted by atomic mass is 16.5. The first-order chi connectivity index (χ1) is 16.6. The van der Waals surface area contributed by atoms with Crippen LogP contribution >= 0.6 is 0 Å². The summed E-state index contributed by atoms with van der Waals surface area (Å²) in [4.78, 5) is 18.8. The van der Waals surface area contributed by atoms with E-state index in [1.165, 1.54) is 5.56 Å². The van der Waals surface area contributed by atoms with E-state index in [1.807, 2.05) is 10.7 Å². The minimum absolute atomic E-state index is 0.0421. The number of H-pyrrole nitrogens is 1. The fraction of sp³-hybridized carbons (Fsp3) is 0.630. The molecule has 1 fully saturated rings. The zero-order chi connectivity index (χ0) is 25.3. The number of fused-ring (bicyclic) bond motifs is 1. The van der Waals surface area contributed by atoms with E-state index in [0.29, 0.717) is 6.54 Å². The molecule has 1 N–H and O–H groups in total. The number of aromatic nitrogens is 5. The summed E-state index contributed by atoms with van der Waals surface area (Å²) in [7, 11) is 0. The van der Waals surface area contributed by atoms with Crippen LogP contribution in [0.3, 0.4) is 0 Å². The molecule has 35 heavy (non-hydrogen) atoms. The van der Waals surface area contributed by atoms with Crippen LogP contribution in [0.2, 0.25) is 0 Å². The fourth-order valence-electron chi connectivity index (χ4n) is 5.08. The molecule has 3 aromatic rings. The van der Waals surface area contributed by atoms with Crippen LogP contribution in [0.25, 0.3) is 10.9 Å². The molecule has 0 unspecified atom stereocenters. The average molecular weight is 481 g/mol. The molecule has 2 atom stereocenters. The van der Waals surface area contributed by atoms with E-state index in [0.717, 1.165) is 60.3 Å². The molecule has 0 saturated carbocycles. The van der Waals surface area contributed by atoms with Gasteiger partial charge in [0.1, 0.15) is 0 Å². The molecule has 0 spiro atoms. The second-order valence-corrected chi connectivity index (χ2v) is 11.0. The van der Waals surface area contributed by atoms with E-state index in [9.17, 15) is 4.79 Å². The highest BCUT2D eigenvalue weighted by Gasteiger charge is 2.35. The standard InChI is InChI=1S/C27H40N6O2/c1-8-27(6,7)33-25(29-30-31-33)24(17(2)3)32(16-22-10-9-13-35-22)15-21-14-20-12-11-18(4)19(5)23(20)28-26(21)34/h11-12,14,17,22,24H,8-10,13,15-16H2,1-7H3,(H,28,34)/t22-,24-/m1/s1. The van der Waals surface area contributed by atoms with Crippen molar-refractivity contribution < 1.29 is 4.74 Å². The molecule has 0 amide bonds. The molecule has 1 aliphatic heterocycles. The Hall–Kier alpha value is -2.58. The third kappa shape index (κ3) is 5.19. The van der Waals surface area contributed by atoms with Crippen LogP contribution in [-0.2, 0) is 16.8 Å². The van der Waals surface area contributed by atoms with Gasteiger partial charge in [-0.05, 0) is 85.9 Å². The van der Waals surface area contributed by atoms with Crippen molar-refractivity contribution in [3.05, 3.63) is 51.1 Å². The van der Waals surface area contributed by atoms with Gasteiger partial charge < -0.3 is 9.72 Å². The third-order valence-electron chi connectivity index (χ3n) is 7.69. The molecule has 2 aromatic heterocycles. The number of aromatic amines is 1. The first-order valence-corrected chi connectivity index (χ1v) is 12.9. The van der Waals surface area contributed by atoms with Crippen LogP contribution in [0.4, 0.5) is 0 Å². The second-order valence-electron chi connectivity index (χ2n) is 11.0. The number of hydrogen-bond acceptors (Lipinski definition) is 6. The summed E-state index contributed by atoms with van der Waals surface area (Å²) in [5.74, 6) is 1.08. The van der Waals surface area contributed by atoms with Crippen molar-refractivity contribution in [3.8, 4) is 0 Å². The Bertz CT molecular complexity index is 1220. The quantitative estimate of drug-likeness (QED) is 0.479. The topological polar surface area (TPSA) is 88.9 Å². The number of ether oxygens (including phenoxy) is 1. The smallest absolute Gasteiger partial charge is 0.252 e. The van der Waals surface area contributed by atoms with Crippen molar-refractivity contribution in [1.29, 1.82) is 0 Å². The lowest BCUT2D eigenvalue weighted by molar-refractivity contribution is 0.0368. The van der Waals surface area contributed by atoms with Crippen LogP contribution in [0.1, 0.15) is 82.4 Å². The zero-order valence-electron chi connectivity index (χ0n) is 22.3. The van der Waals surface area contributed by atoms with E-state index in [4.69, 9.17) is 4.74 Å². The maximum atomic E-state index is 13.3. The maximum Gasteiger partial charge on any atom is 0.252 e. The van der Waals surface area contributed by atoms with Gasteiger partial charge in [0, 0.05) is 25.3 Å². The molecule has 1 aliphatic rings. The summed E-state index contributed by atoms with van der Waals surface area (Å²) < 4.78 is 8.00. The average Bonchev–Trinajstić information content (AvgIpc) is 3.50. The van der Waals surface area contributed by atoms with Gasteiger partial charge in [0.15, 0.2) is 5.82 Å². The Kier molecular flexibility index (Phi) is 7.43. The lowest BCUT2D eigenvalue weighted by Crippen LogP contribution is -2.41. The highest BCUT2D eigenvalue weighted by molar-refractivity contribution is 5.83. The summed E-state index contributed by atoms with van der Waals surface area (Å²) in [6, 6.07) is 6.18. The van der Waals surface area contributed by atoms with Gasteiger partial charge in [0.25, 0.3) is 5.56 Å². The highest BCUT2D eigenvalue weighted by Crippen LogP contribution is 2.33. The Morgan fingerprint density at radius 2 is 2.06 bits per heavy atom. The number of hydrogen-bond donors (Lipinski definition) is 1. The lowest BCUT2D eigenvalue weighted by atomic mass is 9.96. The lowest BCUT2D eigenvalue weighted by Gasteiger charge is -2.36. The SMILES string of the molecule is CCC(C)(C)n1nnnc1[C@@H](C(C)C)N(Cc1cc2ccc(C)c(C)c2[nH]c1=O)C[C@H]1CCCO1. The van der Waals surface area contributed by atoms with Gasteiger partial charge in [0.05, 0.1) is 23.2 Å². The summed E-state index contributed by atoms with van der Waals surface area (Å²) >= 11 is 0. The van der Waals surface area contributed by atoms with Crippen molar-refractivity contribution in [3.63, 3.8) is 0 Å². The Labute approximate surface area is 208 Å². The molecule has 1 aromatic carbocycles. The molecule has 0 bridgehead atoms. The first-order valence-electron chi connectivity index (χ1n) is 12.9. The van der Waals surface area contributed by atoms with Gasteiger partial charge in [-0.15, -0.1) is 5.10 Å². The summed E-state index contributed by atoms with van der Waals surface area (Å²) in [5, 5.41) is 14.0. The number of pyridine rings is 1. The largest absolute Gasteiger partial charge is 0.377 e. The van der Waals surface area contributed by atoms with Gasteiger partial charge in [-0.25, -0.2) is 4.68 Å². The molecule has 4 rings (SSSR count). The Balaban J connectivity index is 1.77. The van der Waals surface area contributed by atoms with Crippen molar-refractivity contribution in [1.82, 2.24) is 30.1 Å². The van der Waals surface area contributed by atoms with Crippen LogP contribution < -0.4 is 5.56 Å². The number of nitrogens with one attached hydrogen (secondary N) is 1. The van der Waals surface area contributed by atoms with E-state index in [1.54, 1.807) is 0 Å². The van der Waals surface area contributed by atoms with Crippen LogP contribution in [0.5, 0.6) is 0 Å². The fourth-order valence-corrected chi connectivity index (χ4v) is 5.08. The molecule has 0 aliphatic carbocycles. The van der Waals surface area contributed by atoms with E-state index >= 15 is 0 Å². The predicted octanol–water partition coefficient (Wildman–Crippen LogP) is 4.65. The van der Waals surface area contributed by atoms with Gasteiger partial charge in [-0.2, -0.15) is 0 Å². The molecule has 3 heterocycles. The maximum absolute atomic E-state index is 13.3. The molecule has 8 heteroatoms. The van der Waals surface area contributed by atoms with E-state index in [-0.39, 0.29) is 29.2 Å². The van der Waals surface area contributed by atoms with Crippen LogP contribution in [0.15, 0.2) is 23.0 Å². The molecule has 8 nitrogen and oxygen atoms in total. The zero-order valence-corrected chi connectivity index (χ0v) is 22.3. The number of nitrogens with zero attached hydrogens (tertiary/aromatic N) is 5. The van der Waals surface area contributed by atoms with Crippen LogP contribution in [-0.4, -0.2) is 49.3 Å². The summed E-state index contributed by atoms with van der Waals surface area (Å²) in [6.45, 7) is 17.0. The predicted molar refractivity (Wildman–Crippen MR) is 138 cm³/mol. The molecule has 190 valence electrons. The summed E-state index contributed by atoms with van der Waals surface area (Å²) in [6.07, 6.45) is 3.15. The van der Waals surface area contributed by atoms with Crippen molar-refractivity contribution in [2.45, 2.75) is 92.0 Å². The molecular formula is C27H40N6O2. The van der Waals surface area contributed by atoms with Crippen molar-refractivity contribution in [2.75, 3.05) is 13.2 Å². The molecule has 1 saturated heterocycles. The van der Waals surface area contributed by atoms with E-state index < -0.39 is 0 Å². The first kappa shape index (κ1) is 25.5. The van der Waals surface area contributed by atoms with Gasteiger partial charge in [0.2, 0.25) is 0 Å². The van der Waals surface area contributed by atoms with Gasteiger partial charge >= 0.3 is 0 Å². The monoisotopic (exact) mass is 480 g/mol. The molecule has 0 radical (unpaired) electrons. The van der Waals surface area contributed by atoms with Gasteiger partial charge in [-0.1, -0.05) is 32.9 Å². The van der Waals surface area contributed by atoms with Gasteiger partial charge in [-0.3, -0.25) is 9.69 Å². The minimum Gasteiger partial charge on any atom is -0.377 e. The minimum atomic E-state index is -0.211. The molecular weight excluding hydrogens is 440 g/mol. The Morgan fingerprint density at radius 3 is 2.71 bits per heavy atom. The normalized spacial score (nSPS) is 17.7. The number of aryl methyl sites for hydroxylation is 2. The number of tetrazole rings is 1. The van der Waals surface area contributed by atoms with Crippen molar-refractivity contribution in [2.24, 2.45) is 5.92 Å². The number of benzene rings is 1. The second kappa shape index (κ2) is 10.2. The third-order valence-corrected chi connectivity index (χ3v) is 7.69. The summed E-state index contributed by atoms with van der Waals surface area (Å²) in [5.41, 5.74) is 3.70.